The highest BCUT2D eigenvalue weighted by atomic mass is 32.2. The Kier molecular flexibility index (Phi) is 2.72. The monoisotopic (exact) mass is 209 g/mol. The number of amides is 1. The number of nitrogens with two attached hydrogens (primary N) is 1. The van der Waals surface area contributed by atoms with Crippen molar-refractivity contribution < 1.29 is 4.79 Å². The van der Waals surface area contributed by atoms with Crippen LogP contribution in [0, 0.1) is 0 Å². The number of nitrogens with one attached hydrogen (secondary N) is 2. The van der Waals surface area contributed by atoms with Crippen LogP contribution in [-0.4, -0.2) is 11.7 Å². The molecule has 2 rings (SSSR count). The quantitative estimate of drug-likeness (QED) is 0.495. The van der Waals surface area contributed by atoms with Gasteiger partial charge < -0.3 is 5.32 Å². The first kappa shape index (κ1) is 9.51. The topological polar surface area (TPSA) is 67.1 Å². The average molecular weight is 209 g/mol. The van der Waals surface area contributed by atoms with E-state index in [1.807, 2.05) is 18.2 Å². The van der Waals surface area contributed by atoms with Crippen molar-refractivity contribution in [3.63, 3.8) is 0 Å². The molecule has 14 heavy (non-hydrogen) atoms. The molecular weight excluding hydrogens is 198 g/mol. The van der Waals surface area contributed by atoms with Crippen LogP contribution in [-0.2, 0) is 11.3 Å². The van der Waals surface area contributed by atoms with E-state index in [-0.39, 0.29) is 5.91 Å². The maximum Gasteiger partial charge on any atom is 0.234 e. The van der Waals surface area contributed by atoms with Gasteiger partial charge in [-0.3, -0.25) is 16.1 Å². The van der Waals surface area contributed by atoms with E-state index in [0.717, 1.165) is 16.1 Å². The van der Waals surface area contributed by atoms with E-state index < -0.39 is 0 Å². The Labute approximate surface area is 86.2 Å². The second-order valence-electron chi connectivity index (χ2n) is 3.05. The van der Waals surface area contributed by atoms with Gasteiger partial charge in [-0.25, -0.2) is 0 Å². The number of carbonyl (C=O) groups excluding carboxylic acids is 1. The molecule has 0 saturated carbocycles. The zero-order chi connectivity index (χ0) is 9.97. The summed E-state index contributed by atoms with van der Waals surface area (Å²) in [6, 6.07) is 5.90. The Morgan fingerprint density at radius 1 is 1.57 bits per heavy atom. The average Bonchev–Trinajstić information content (AvgIpc) is 2.19. The lowest BCUT2D eigenvalue weighted by Gasteiger charge is -2.16. The summed E-state index contributed by atoms with van der Waals surface area (Å²) >= 11 is 1.56. The molecular formula is C9H11N3OS. The summed E-state index contributed by atoms with van der Waals surface area (Å²) in [5.41, 5.74) is 4.62. The third kappa shape index (κ3) is 1.89. The van der Waals surface area contributed by atoms with Gasteiger partial charge in [0.15, 0.2) is 0 Å². The molecule has 0 aromatic heterocycles. The van der Waals surface area contributed by atoms with Crippen molar-refractivity contribution in [3.8, 4) is 0 Å². The molecule has 1 aromatic rings. The molecule has 0 radical (unpaired) electrons. The van der Waals surface area contributed by atoms with Crippen LogP contribution in [0.4, 0.5) is 5.69 Å². The minimum absolute atomic E-state index is 0.0622. The zero-order valence-corrected chi connectivity index (χ0v) is 8.36. The molecule has 0 fully saturated rings. The molecule has 4 nitrogen and oxygen atoms in total. The first-order valence-electron chi connectivity index (χ1n) is 4.28. The highest BCUT2D eigenvalue weighted by Crippen LogP contribution is 2.31. The molecule has 74 valence electrons. The maximum atomic E-state index is 11.1. The van der Waals surface area contributed by atoms with Crippen molar-refractivity contribution >= 4 is 23.4 Å². The van der Waals surface area contributed by atoms with Gasteiger partial charge >= 0.3 is 0 Å². The largest absolute Gasteiger partial charge is 0.324 e. The third-order valence-electron chi connectivity index (χ3n) is 1.99. The summed E-state index contributed by atoms with van der Waals surface area (Å²) in [6.07, 6.45) is 0. The molecule has 1 aliphatic heterocycles. The van der Waals surface area contributed by atoms with Crippen molar-refractivity contribution in [1.82, 2.24) is 5.43 Å². The minimum Gasteiger partial charge on any atom is -0.324 e. The number of thioether (sulfide) groups is 1. The highest BCUT2D eigenvalue weighted by molar-refractivity contribution is 8.00. The highest BCUT2D eigenvalue weighted by Gasteiger charge is 2.14. The number of hydrazine groups is 1. The lowest BCUT2D eigenvalue weighted by molar-refractivity contribution is -0.113. The zero-order valence-electron chi connectivity index (χ0n) is 7.54. The Balaban J connectivity index is 2.26. The number of hydrogen-bond donors (Lipinski definition) is 3. The number of anilines is 1. The molecule has 0 bridgehead atoms. The van der Waals surface area contributed by atoms with Crippen molar-refractivity contribution in [2.24, 2.45) is 5.84 Å². The summed E-state index contributed by atoms with van der Waals surface area (Å²) in [7, 11) is 0. The van der Waals surface area contributed by atoms with Gasteiger partial charge in [-0.2, -0.15) is 0 Å². The van der Waals surface area contributed by atoms with Crippen LogP contribution in [0.1, 0.15) is 5.56 Å². The molecule has 0 spiro atoms. The fourth-order valence-electron chi connectivity index (χ4n) is 1.35. The maximum absolute atomic E-state index is 11.1. The van der Waals surface area contributed by atoms with Gasteiger partial charge in [0.1, 0.15) is 0 Å². The second-order valence-corrected chi connectivity index (χ2v) is 4.07. The Hall–Kier alpha value is -1.04. The Bertz CT molecular complexity index is 367. The smallest absolute Gasteiger partial charge is 0.234 e. The molecule has 5 heteroatoms. The molecule has 0 saturated heterocycles. The van der Waals surface area contributed by atoms with Crippen LogP contribution < -0.4 is 16.6 Å². The number of hydrogen-bond acceptors (Lipinski definition) is 4. The molecule has 1 aromatic carbocycles. The number of carbonyl (C=O) groups is 1. The summed E-state index contributed by atoms with van der Waals surface area (Å²) < 4.78 is 0. The molecule has 0 unspecified atom stereocenters. The summed E-state index contributed by atoms with van der Waals surface area (Å²) in [6.45, 7) is 0.641. The van der Waals surface area contributed by atoms with E-state index in [1.165, 1.54) is 0 Å². The van der Waals surface area contributed by atoms with Crippen molar-refractivity contribution in [2.45, 2.75) is 11.4 Å². The molecule has 0 atom stereocenters. The molecule has 4 N–H and O–H groups in total. The van der Waals surface area contributed by atoms with Gasteiger partial charge in [0.25, 0.3) is 0 Å². The first-order valence-corrected chi connectivity index (χ1v) is 5.27. The molecule has 1 aliphatic rings. The fourth-order valence-corrected chi connectivity index (χ4v) is 2.21. The minimum atomic E-state index is 0.0622. The fraction of sp³-hybridized carbons (Fsp3) is 0.222. The van der Waals surface area contributed by atoms with Gasteiger partial charge in [0.2, 0.25) is 5.91 Å². The lowest BCUT2D eigenvalue weighted by atomic mass is 10.2. The van der Waals surface area contributed by atoms with Crippen LogP contribution in [0.15, 0.2) is 23.1 Å². The van der Waals surface area contributed by atoms with Gasteiger partial charge in [-0.1, -0.05) is 6.07 Å². The summed E-state index contributed by atoms with van der Waals surface area (Å²) in [5, 5.41) is 2.82. The summed E-state index contributed by atoms with van der Waals surface area (Å²) in [5.74, 6) is 5.79. The van der Waals surface area contributed by atoms with Crippen molar-refractivity contribution in [3.05, 3.63) is 23.8 Å². The SMILES string of the molecule is NNCc1ccc2c(c1)SCC(=O)N2. The van der Waals surface area contributed by atoms with Crippen LogP contribution >= 0.6 is 11.8 Å². The molecule has 1 amide bonds. The number of rotatable bonds is 2. The molecule has 1 heterocycles. The summed E-state index contributed by atoms with van der Waals surface area (Å²) in [4.78, 5) is 12.2. The van der Waals surface area contributed by atoms with Crippen molar-refractivity contribution in [2.75, 3.05) is 11.1 Å². The van der Waals surface area contributed by atoms with Crippen molar-refractivity contribution in [1.29, 1.82) is 0 Å². The van der Waals surface area contributed by atoms with Gasteiger partial charge in [-0.05, 0) is 17.7 Å². The third-order valence-corrected chi connectivity index (χ3v) is 3.04. The van der Waals surface area contributed by atoms with E-state index in [2.05, 4.69) is 10.7 Å². The van der Waals surface area contributed by atoms with E-state index in [1.54, 1.807) is 11.8 Å². The predicted octanol–water partition coefficient (Wildman–Crippen LogP) is 0.694. The van der Waals surface area contributed by atoms with Crippen LogP contribution in [0.3, 0.4) is 0 Å². The van der Waals surface area contributed by atoms with Gasteiger partial charge in [0.05, 0.1) is 11.4 Å². The Morgan fingerprint density at radius 2 is 2.43 bits per heavy atom. The van der Waals surface area contributed by atoms with Crippen LogP contribution in [0.2, 0.25) is 0 Å². The van der Waals surface area contributed by atoms with Gasteiger partial charge in [-0.15, -0.1) is 11.8 Å². The van der Waals surface area contributed by atoms with E-state index in [0.29, 0.717) is 12.3 Å². The standard InChI is InChI=1S/C9H11N3OS/c10-11-4-6-1-2-7-8(3-6)14-5-9(13)12-7/h1-3,11H,4-5,10H2,(H,12,13). The van der Waals surface area contributed by atoms with E-state index in [4.69, 9.17) is 5.84 Å². The predicted molar refractivity (Wildman–Crippen MR) is 56.8 cm³/mol. The second kappa shape index (κ2) is 4.00. The van der Waals surface area contributed by atoms with Crippen LogP contribution in [0.5, 0.6) is 0 Å². The number of fused-ring (bicyclic) bond motifs is 1. The Morgan fingerprint density at radius 3 is 3.21 bits per heavy atom. The van der Waals surface area contributed by atoms with E-state index >= 15 is 0 Å². The number of benzene rings is 1. The first-order chi connectivity index (χ1) is 6.79. The molecule has 0 aliphatic carbocycles. The normalized spacial score (nSPS) is 14.8. The van der Waals surface area contributed by atoms with E-state index in [9.17, 15) is 4.79 Å². The van der Waals surface area contributed by atoms with Gasteiger partial charge in [0, 0.05) is 11.4 Å². The lowest BCUT2D eigenvalue weighted by Crippen LogP contribution is -2.22. The van der Waals surface area contributed by atoms with Crippen LogP contribution in [0.25, 0.3) is 0 Å².